The molecule has 11 nitrogen and oxygen atoms in total. The highest BCUT2D eigenvalue weighted by atomic mass is 16.6. The first kappa shape index (κ1) is 17.8. The lowest BCUT2D eigenvalue weighted by Crippen LogP contribution is -2.36. The van der Waals surface area contributed by atoms with Crippen molar-refractivity contribution in [3.63, 3.8) is 0 Å². The van der Waals surface area contributed by atoms with Gasteiger partial charge in [0.25, 0.3) is 5.69 Å². The minimum absolute atomic E-state index is 0.0850. The molecule has 0 bridgehead atoms. The SMILES string of the molecule is O=C(O)C1CNc2ccccc2C1=NNc1ccc([N+](=O)[O-])cc1[N+](=O)[O-]. The van der Waals surface area contributed by atoms with Gasteiger partial charge in [-0.05, 0) is 12.1 Å². The summed E-state index contributed by atoms with van der Waals surface area (Å²) in [7, 11) is 0. The zero-order valence-corrected chi connectivity index (χ0v) is 13.7. The van der Waals surface area contributed by atoms with E-state index < -0.39 is 33.1 Å². The number of carboxylic acid groups (broad SMARTS) is 1. The van der Waals surface area contributed by atoms with Gasteiger partial charge in [0, 0.05) is 23.9 Å². The molecule has 0 amide bonds. The van der Waals surface area contributed by atoms with Crippen LogP contribution in [0.1, 0.15) is 5.56 Å². The van der Waals surface area contributed by atoms with Crippen molar-refractivity contribution in [1.29, 1.82) is 0 Å². The quantitative estimate of drug-likeness (QED) is 0.533. The average molecular weight is 371 g/mol. The number of aliphatic carboxylic acids is 1. The molecule has 0 radical (unpaired) electrons. The molecule has 0 saturated carbocycles. The van der Waals surface area contributed by atoms with Gasteiger partial charge < -0.3 is 10.4 Å². The Labute approximate surface area is 151 Å². The van der Waals surface area contributed by atoms with E-state index in [1.807, 2.05) is 0 Å². The molecular weight excluding hydrogens is 358 g/mol. The van der Waals surface area contributed by atoms with Crippen molar-refractivity contribution in [2.24, 2.45) is 11.0 Å². The predicted octanol–water partition coefficient (Wildman–Crippen LogP) is 2.45. The summed E-state index contributed by atoms with van der Waals surface area (Å²) in [5, 5.41) is 38.5. The van der Waals surface area contributed by atoms with E-state index in [0.29, 0.717) is 11.3 Å². The maximum Gasteiger partial charge on any atom is 0.314 e. The highest BCUT2D eigenvalue weighted by molar-refractivity contribution is 6.16. The van der Waals surface area contributed by atoms with Crippen molar-refractivity contribution in [1.82, 2.24) is 0 Å². The topological polar surface area (TPSA) is 160 Å². The summed E-state index contributed by atoms with van der Waals surface area (Å²) in [6.07, 6.45) is 0. The highest BCUT2D eigenvalue weighted by Crippen LogP contribution is 2.30. The number of nitro groups is 2. The number of benzene rings is 2. The molecule has 0 aliphatic carbocycles. The Morgan fingerprint density at radius 2 is 1.93 bits per heavy atom. The monoisotopic (exact) mass is 371 g/mol. The number of carboxylic acids is 1. The van der Waals surface area contributed by atoms with Crippen molar-refractivity contribution in [2.75, 3.05) is 17.3 Å². The van der Waals surface area contributed by atoms with Gasteiger partial charge in [-0.2, -0.15) is 5.10 Å². The summed E-state index contributed by atoms with van der Waals surface area (Å²) >= 11 is 0. The Hall–Kier alpha value is -4.02. The number of para-hydroxylation sites is 1. The zero-order chi connectivity index (χ0) is 19.6. The van der Waals surface area contributed by atoms with Crippen LogP contribution in [0.3, 0.4) is 0 Å². The molecule has 0 spiro atoms. The van der Waals surface area contributed by atoms with Crippen LogP contribution in [-0.2, 0) is 4.79 Å². The maximum atomic E-state index is 11.5. The lowest BCUT2D eigenvalue weighted by molar-refractivity contribution is -0.393. The van der Waals surface area contributed by atoms with E-state index in [4.69, 9.17) is 0 Å². The largest absolute Gasteiger partial charge is 0.481 e. The molecule has 1 atom stereocenters. The van der Waals surface area contributed by atoms with Gasteiger partial charge >= 0.3 is 11.7 Å². The van der Waals surface area contributed by atoms with Gasteiger partial charge in [-0.3, -0.25) is 30.4 Å². The van der Waals surface area contributed by atoms with E-state index in [1.54, 1.807) is 24.3 Å². The number of rotatable bonds is 5. The van der Waals surface area contributed by atoms with Crippen LogP contribution in [-0.4, -0.2) is 33.2 Å². The number of hydrogen-bond donors (Lipinski definition) is 3. The first-order valence-electron chi connectivity index (χ1n) is 7.71. The van der Waals surface area contributed by atoms with Crippen molar-refractivity contribution in [3.05, 3.63) is 68.3 Å². The maximum absolute atomic E-state index is 11.5. The van der Waals surface area contributed by atoms with E-state index in [0.717, 1.165) is 18.2 Å². The molecule has 0 saturated heterocycles. The number of fused-ring (bicyclic) bond motifs is 1. The number of carbonyl (C=O) groups is 1. The van der Waals surface area contributed by atoms with Gasteiger partial charge in [-0.1, -0.05) is 18.2 Å². The summed E-state index contributed by atoms with van der Waals surface area (Å²) in [4.78, 5) is 32.0. The van der Waals surface area contributed by atoms with Crippen molar-refractivity contribution >= 4 is 34.4 Å². The fraction of sp³-hybridized carbons (Fsp3) is 0.125. The lowest BCUT2D eigenvalue weighted by Gasteiger charge is -2.25. The van der Waals surface area contributed by atoms with Crippen LogP contribution >= 0.6 is 0 Å². The van der Waals surface area contributed by atoms with E-state index >= 15 is 0 Å². The summed E-state index contributed by atoms with van der Waals surface area (Å²) in [5.41, 5.74) is 2.87. The molecule has 2 aromatic carbocycles. The van der Waals surface area contributed by atoms with E-state index in [-0.39, 0.29) is 17.9 Å². The van der Waals surface area contributed by atoms with Crippen LogP contribution < -0.4 is 10.7 Å². The fourth-order valence-corrected chi connectivity index (χ4v) is 2.70. The number of nitro benzene ring substituents is 2. The Kier molecular flexibility index (Phi) is 4.66. The highest BCUT2D eigenvalue weighted by Gasteiger charge is 2.31. The minimum Gasteiger partial charge on any atom is -0.481 e. The van der Waals surface area contributed by atoms with Gasteiger partial charge in [0.05, 0.1) is 21.6 Å². The third-order valence-electron chi connectivity index (χ3n) is 4.01. The second-order valence-corrected chi connectivity index (χ2v) is 5.64. The summed E-state index contributed by atoms with van der Waals surface area (Å²) in [6.45, 7) is 0.106. The van der Waals surface area contributed by atoms with Crippen LogP contribution in [0.4, 0.5) is 22.7 Å². The number of nitrogens with one attached hydrogen (secondary N) is 2. The predicted molar refractivity (Wildman–Crippen MR) is 96.0 cm³/mol. The third-order valence-corrected chi connectivity index (χ3v) is 4.01. The molecule has 1 aliphatic rings. The number of nitrogens with zero attached hydrogens (tertiary/aromatic N) is 3. The molecule has 2 aromatic rings. The minimum atomic E-state index is -1.10. The Morgan fingerprint density at radius 1 is 1.19 bits per heavy atom. The van der Waals surface area contributed by atoms with Crippen LogP contribution in [0.25, 0.3) is 0 Å². The fourth-order valence-electron chi connectivity index (χ4n) is 2.70. The molecule has 27 heavy (non-hydrogen) atoms. The van der Waals surface area contributed by atoms with Crippen molar-refractivity contribution in [3.8, 4) is 0 Å². The van der Waals surface area contributed by atoms with Crippen LogP contribution in [0, 0.1) is 26.1 Å². The van der Waals surface area contributed by atoms with Crippen LogP contribution in [0.15, 0.2) is 47.6 Å². The Balaban J connectivity index is 2.02. The van der Waals surface area contributed by atoms with E-state index in [1.165, 1.54) is 0 Å². The summed E-state index contributed by atoms with van der Waals surface area (Å²) < 4.78 is 0. The Bertz CT molecular complexity index is 974. The summed E-state index contributed by atoms with van der Waals surface area (Å²) in [6, 6.07) is 10.0. The van der Waals surface area contributed by atoms with Crippen LogP contribution in [0.2, 0.25) is 0 Å². The number of non-ortho nitro benzene ring substituents is 1. The molecule has 0 aromatic heterocycles. The molecule has 0 fully saturated rings. The molecule has 138 valence electrons. The lowest BCUT2D eigenvalue weighted by atomic mass is 9.92. The van der Waals surface area contributed by atoms with Crippen LogP contribution in [0.5, 0.6) is 0 Å². The molecule has 11 heteroatoms. The number of hydrogen-bond acceptors (Lipinski definition) is 8. The van der Waals surface area contributed by atoms with Gasteiger partial charge in [-0.15, -0.1) is 0 Å². The zero-order valence-electron chi connectivity index (χ0n) is 13.7. The standard InChI is InChI=1S/C16H13N5O6/c22-16(23)11-8-17-12-4-2-1-3-10(12)15(11)19-18-13-6-5-9(20(24)25)7-14(13)21(26)27/h1-7,11,17-18H,8H2,(H,22,23). The van der Waals surface area contributed by atoms with Gasteiger partial charge in [0.1, 0.15) is 11.6 Å². The van der Waals surface area contributed by atoms with Crippen molar-refractivity contribution in [2.45, 2.75) is 0 Å². The molecule has 1 unspecified atom stereocenters. The molecular formula is C16H13N5O6. The van der Waals surface area contributed by atoms with E-state index in [2.05, 4.69) is 15.8 Å². The van der Waals surface area contributed by atoms with E-state index in [9.17, 15) is 30.1 Å². The molecule has 1 aliphatic heterocycles. The summed E-state index contributed by atoms with van der Waals surface area (Å²) in [5.74, 6) is -2.07. The Morgan fingerprint density at radius 3 is 2.59 bits per heavy atom. The average Bonchev–Trinajstić information content (AvgIpc) is 2.65. The van der Waals surface area contributed by atoms with Crippen molar-refractivity contribution < 1.29 is 19.7 Å². The first-order valence-corrected chi connectivity index (χ1v) is 7.71. The smallest absolute Gasteiger partial charge is 0.314 e. The normalized spacial score (nSPS) is 16.9. The second-order valence-electron chi connectivity index (χ2n) is 5.64. The van der Waals surface area contributed by atoms with Gasteiger partial charge in [0.2, 0.25) is 0 Å². The second kappa shape index (κ2) is 7.07. The molecule has 3 N–H and O–H groups in total. The first-order chi connectivity index (χ1) is 12.9. The molecule has 1 heterocycles. The van der Waals surface area contributed by atoms with Gasteiger partial charge in [-0.25, -0.2) is 0 Å². The van der Waals surface area contributed by atoms with Gasteiger partial charge in [0.15, 0.2) is 0 Å². The number of anilines is 2. The number of hydrazone groups is 1. The third kappa shape index (κ3) is 3.51. The molecule has 3 rings (SSSR count).